The SMILES string of the molecule is COC(=O)C(C)S(=O)(=O)NC(=O)C=Cc1cccc2ccccc12. The molecule has 0 aliphatic heterocycles. The lowest BCUT2D eigenvalue weighted by molar-refractivity contribution is -0.139. The zero-order valence-electron chi connectivity index (χ0n) is 13.2. The van der Waals surface area contributed by atoms with E-state index in [-0.39, 0.29) is 0 Å². The van der Waals surface area contributed by atoms with Crippen LogP contribution in [-0.4, -0.2) is 32.7 Å². The Labute approximate surface area is 140 Å². The Bertz CT molecular complexity index is 897. The monoisotopic (exact) mass is 347 g/mol. The van der Waals surface area contributed by atoms with Crippen LogP contribution in [0.3, 0.4) is 0 Å². The van der Waals surface area contributed by atoms with E-state index < -0.39 is 27.1 Å². The predicted molar refractivity (Wildman–Crippen MR) is 91.5 cm³/mol. The molecular formula is C17H17NO5S. The van der Waals surface area contributed by atoms with Crippen LogP contribution in [0.4, 0.5) is 0 Å². The molecule has 0 aliphatic rings. The number of methoxy groups -OCH3 is 1. The van der Waals surface area contributed by atoms with Crippen molar-refractivity contribution in [3.63, 3.8) is 0 Å². The van der Waals surface area contributed by atoms with E-state index in [0.29, 0.717) is 0 Å². The van der Waals surface area contributed by atoms with Gasteiger partial charge >= 0.3 is 5.97 Å². The number of nitrogens with one attached hydrogen (secondary N) is 1. The van der Waals surface area contributed by atoms with E-state index in [2.05, 4.69) is 4.74 Å². The standard InChI is InChI=1S/C17H17NO5S/c1-12(17(20)23-2)24(21,22)18-16(19)11-10-14-8-5-7-13-6-3-4-9-15(13)14/h3-12H,1-2H3,(H,18,19). The lowest BCUT2D eigenvalue weighted by Crippen LogP contribution is -2.40. The molecule has 0 bridgehead atoms. The van der Waals surface area contributed by atoms with Crippen LogP contribution < -0.4 is 4.72 Å². The van der Waals surface area contributed by atoms with Gasteiger partial charge in [0.2, 0.25) is 10.0 Å². The minimum atomic E-state index is -4.14. The zero-order valence-corrected chi connectivity index (χ0v) is 14.0. The van der Waals surface area contributed by atoms with Gasteiger partial charge in [0.05, 0.1) is 7.11 Å². The van der Waals surface area contributed by atoms with Crippen LogP contribution in [0.25, 0.3) is 16.8 Å². The summed E-state index contributed by atoms with van der Waals surface area (Å²) in [5, 5.41) is 0.472. The summed E-state index contributed by atoms with van der Waals surface area (Å²) in [4.78, 5) is 23.1. The van der Waals surface area contributed by atoms with E-state index in [9.17, 15) is 18.0 Å². The van der Waals surface area contributed by atoms with Crippen molar-refractivity contribution in [3.8, 4) is 0 Å². The van der Waals surface area contributed by atoms with Gasteiger partial charge in [-0.3, -0.25) is 9.59 Å². The second-order valence-corrected chi connectivity index (χ2v) is 7.08. The Kier molecular flexibility index (Phi) is 5.35. The Morgan fingerprint density at radius 1 is 1.12 bits per heavy atom. The number of fused-ring (bicyclic) bond motifs is 1. The Balaban J connectivity index is 2.17. The number of rotatable bonds is 5. The van der Waals surface area contributed by atoms with Gasteiger partial charge in [-0.05, 0) is 29.3 Å². The zero-order chi connectivity index (χ0) is 17.7. The molecule has 2 aromatic carbocycles. The molecule has 0 heterocycles. The average molecular weight is 347 g/mol. The van der Waals surface area contributed by atoms with Gasteiger partial charge in [0.25, 0.3) is 5.91 Å². The molecule has 24 heavy (non-hydrogen) atoms. The van der Waals surface area contributed by atoms with Gasteiger partial charge in [-0.25, -0.2) is 13.1 Å². The fourth-order valence-electron chi connectivity index (χ4n) is 2.12. The van der Waals surface area contributed by atoms with E-state index in [4.69, 9.17) is 0 Å². The highest BCUT2D eigenvalue weighted by Crippen LogP contribution is 2.19. The number of hydrogen-bond donors (Lipinski definition) is 1. The van der Waals surface area contributed by atoms with Crippen molar-refractivity contribution in [2.24, 2.45) is 0 Å². The molecule has 0 saturated heterocycles. The third-order valence-corrected chi connectivity index (χ3v) is 5.09. The molecule has 7 heteroatoms. The van der Waals surface area contributed by atoms with Gasteiger partial charge in [-0.15, -0.1) is 0 Å². The molecule has 1 unspecified atom stereocenters. The van der Waals surface area contributed by atoms with Crippen molar-refractivity contribution in [1.29, 1.82) is 0 Å². The first kappa shape index (κ1) is 17.7. The first-order chi connectivity index (χ1) is 11.3. The summed E-state index contributed by atoms with van der Waals surface area (Å²) in [6, 6.07) is 13.2. The summed E-state index contributed by atoms with van der Waals surface area (Å²) in [7, 11) is -3.06. The van der Waals surface area contributed by atoms with Crippen LogP contribution in [0.15, 0.2) is 48.5 Å². The van der Waals surface area contributed by atoms with Gasteiger partial charge in [-0.1, -0.05) is 42.5 Å². The second kappa shape index (κ2) is 7.27. The predicted octanol–water partition coefficient (Wildman–Crippen LogP) is 1.86. The van der Waals surface area contributed by atoms with Gasteiger partial charge in [0, 0.05) is 6.08 Å². The summed E-state index contributed by atoms with van der Waals surface area (Å²) in [5.74, 6) is -1.77. The van der Waals surface area contributed by atoms with Crippen molar-refractivity contribution in [2.75, 3.05) is 7.11 Å². The van der Waals surface area contributed by atoms with Crippen LogP contribution in [0.5, 0.6) is 0 Å². The first-order valence-electron chi connectivity index (χ1n) is 7.14. The third kappa shape index (κ3) is 3.99. The van der Waals surface area contributed by atoms with Gasteiger partial charge in [-0.2, -0.15) is 0 Å². The largest absolute Gasteiger partial charge is 0.468 e. The lowest BCUT2D eigenvalue weighted by Gasteiger charge is -2.10. The highest BCUT2D eigenvalue weighted by molar-refractivity contribution is 7.91. The number of sulfonamides is 1. The van der Waals surface area contributed by atoms with Crippen molar-refractivity contribution in [3.05, 3.63) is 54.1 Å². The number of carbonyl (C=O) groups excluding carboxylic acids is 2. The molecule has 0 radical (unpaired) electrons. The Morgan fingerprint density at radius 2 is 1.79 bits per heavy atom. The fourth-order valence-corrected chi connectivity index (χ4v) is 2.99. The van der Waals surface area contributed by atoms with Crippen molar-refractivity contribution < 1.29 is 22.7 Å². The smallest absolute Gasteiger partial charge is 0.325 e. The topological polar surface area (TPSA) is 89.5 Å². The number of esters is 1. The van der Waals surface area contributed by atoms with Gasteiger partial charge < -0.3 is 4.74 Å². The van der Waals surface area contributed by atoms with E-state index >= 15 is 0 Å². The number of ether oxygens (including phenoxy) is 1. The minimum Gasteiger partial charge on any atom is -0.468 e. The van der Waals surface area contributed by atoms with Crippen LogP contribution in [0, 0.1) is 0 Å². The molecule has 1 atom stereocenters. The number of amides is 1. The van der Waals surface area contributed by atoms with Crippen molar-refractivity contribution >= 4 is 38.7 Å². The molecule has 6 nitrogen and oxygen atoms in total. The summed E-state index contributed by atoms with van der Waals surface area (Å²) in [6.07, 6.45) is 2.64. The number of carbonyl (C=O) groups is 2. The second-order valence-electron chi connectivity index (χ2n) is 5.08. The molecule has 126 valence electrons. The summed E-state index contributed by atoms with van der Waals surface area (Å²) in [5.41, 5.74) is 0.779. The van der Waals surface area contributed by atoms with Gasteiger partial charge in [0.15, 0.2) is 5.25 Å². The Hall–Kier alpha value is -2.67. The maximum absolute atomic E-state index is 11.9. The van der Waals surface area contributed by atoms with Crippen LogP contribution in [0.2, 0.25) is 0 Å². The molecule has 1 amide bonds. The summed E-state index contributed by atoms with van der Waals surface area (Å²) >= 11 is 0. The summed E-state index contributed by atoms with van der Waals surface area (Å²) < 4.78 is 30.0. The van der Waals surface area contributed by atoms with E-state index in [1.807, 2.05) is 47.2 Å². The minimum absolute atomic E-state index is 0.779. The van der Waals surface area contributed by atoms with E-state index in [1.54, 1.807) is 0 Å². The van der Waals surface area contributed by atoms with Crippen LogP contribution in [-0.2, 0) is 24.3 Å². The van der Waals surface area contributed by atoms with Crippen molar-refractivity contribution in [2.45, 2.75) is 12.2 Å². The van der Waals surface area contributed by atoms with Crippen LogP contribution >= 0.6 is 0 Å². The average Bonchev–Trinajstić information content (AvgIpc) is 2.58. The fraction of sp³-hybridized carbons (Fsp3) is 0.176. The highest BCUT2D eigenvalue weighted by Gasteiger charge is 2.29. The molecular weight excluding hydrogens is 330 g/mol. The summed E-state index contributed by atoms with van der Waals surface area (Å²) in [6.45, 7) is 1.15. The number of hydrogen-bond acceptors (Lipinski definition) is 5. The lowest BCUT2D eigenvalue weighted by atomic mass is 10.0. The third-order valence-electron chi connectivity index (χ3n) is 3.48. The molecule has 2 rings (SSSR count). The molecule has 0 spiro atoms. The molecule has 0 saturated carbocycles. The Morgan fingerprint density at radius 3 is 2.50 bits per heavy atom. The van der Waals surface area contributed by atoms with Crippen LogP contribution in [0.1, 0.15) is 12.5 Å². The van der Waals surface area contributed by atoms with E-state index in [0.717, 1.165) is 36.4 Å². The quantitative estimate of drug-likeness (QED) is 0.659. The van der Waals surface area contributed by atoms with E-state index in [1.165, 1.54) is 6.08 Å². The first-order valence-corrected chi connectivity index (χ1v) is 8.69. The molecule has 0 fully saturated rings. The van der Waals surface area contributed by atoms with Crippen molar-refractivity contribution in [1.82, 2.24) is 4.72 Å². The molecule has 1 N–H and O–H groups in total. The maximum atomic E-state index is 11.9. The molecule has 2 aromatic rings. The normalized spacial score (nSPS) is 12.9. The number of benzene rings is 2. The highest BCUT2D eigenvalue weighted by atomic mass is 32.2. The van der Waals surface area contributed by atoms with Gasteiger partial charge in [0.1, 0.15) is 0 Å². The molecule has 0 aromatic heterocycles. The molecule has 0 aliphatic carbocycles. The maximum Gasteiger partial charge on any atom is 0.325 e.